The van der Waals surface area contributed by atoms with Gasteiger partial charge in [-0.2, -0.15) is 15.3 Å². The van der Waals surface area contributed by atoms with Crippen molar-refractivity contribution in [1.82, 2.24) is 29.8 Å². The average molecular weight is 351 g/mol. The van der Waals surface area contributed by atoms with Crippen molar-refractivity contribution < 1.29 is 4.79 Å². The lowest BCUT2D eigenvalue weighted by Crippen LogP contribution is -2.14. The number of aryl methyl sites for hydroxylation is 2. The Morgan fingerprint density at radius 3 is 2.84 bits per heavy atom. The minimum Gasteiger partial charge on any atom is -0.298 e. The minimum absolute atomic E-state index is 0.283. The number of nitrogens with one attached hydrogen (secondary N) is 1. The smallest absolute Gasteiger partial charge is 0.261 e. The zero-order chi connectivity index (χ0) is 17.4. The molecule has 0 fully saturated rings. The molecule has 25 heavy (non-hydrogen) atoms. The molecule has 0 atom stereocenters. The average Bonchev–Trinajstić information content (AvgIpc) is 3.23. The van der Waals surface area contributed by atoms with Gasteiger partial charge in [-0.15, -0.1) is 11.3 Å². The van der Waals surface area contributed by atoms with Gasteiger partial charge in [0.2, 0.25) is 0 Å². The zero-order valence-electron chi connectivity index (χ0n) is 13.5. The van der Waals surface area contributed by atoms with Crippen LogP contribution in [0.5, 0.6) is 0 Å². The summed E-state index contributed by atoms with van der Waals surface area (Å²) in [5.74, 6) is -0.283. The number of rotatable bonds is 3. The van der Waals surface area contributed by atoms with E-state index in [9.17, 15) is 4.79 Å². The normalized spacial score (nSPS) is 11.0. The van der Waals surface area contributed by atoms with Crippen molar-refractivity contribution in [2.24, 2.45) is 0 Å². The van der Waals surface area contributed by atoms with E-state index in [0.29, 0.717) is 16.3 Å². The second-order valence-electron chi connectivity index (χ2n) is 5.50. The molecule has 4 aromatic heterocycles. The van der Waals surface area contributed by atoms with Crippen LogP contribution in [0.2, 0.25) is 0 Å². The third-order valence-electron chi connectivity index (χ3n) is 3.70. The zero-order valence-corrected chi connectivity index (χ0v) is 14.3. The molecule has 4 aromatic rings. The Morgan fingerprint density at radius 2 is 2.08 bits per heavy atom. The molecule has 0 unspecified atom stereocenters. The molecule has 0 bridgehead atoms. The van der Waals surface area contributed by atoms with E-state index in [4.69, 9.17) is 0 Å². The van der Waals surface area contributed by atoms with Gasteiger partial charge in [0, 0.05) is 22.7 Å². The van der Waals surface area contributed by atoms with Gasteiger partial charge in [0.15, 0.2) is 10.8 Å². The van der Waals surface area contributed by atoms with Crippen molar-refractivity contribution in [3.8, 4) is 11.1 Å². The number of fused-ring (bicyclic) bond motifs is 1. The molecule has 0 aliphatic heterocycles. The summed E-state index contributed by atoms with van der Waals surface area (Å²) in [7, 11) is 0. The van der Waals surface area contributed by atoms with Gasteiger partial charge in [-0.1, -0.05) is 0 Å². The Bertz CT molecular complexity index is 1080. The van der Waals surface area contributed by atoms with Gasteiger partial charge in [-0.3, -0.25) is 10.1 Å². The van der Waals surface area contributed by atoms with Gasteiger partial charge in [0.1, 0.15) is 6.33 Å². The van der Waals surface area contributed by atoms with Crippen molar-refractivity contribution in [1.29, 1.82) is 0 Å². The number of carbonyl (C=O) groups excluding carboxylic acids is 1. The summed E-state index contributed by atoms with van der Waals surface area (Å²) in [5, 5.41) is 17.2. The predicted molar refractivity (Wildman–Crippen MR) is 93.6 cm³/mol. The lowest BCUT2D eigenvalue weighted by Gasteiger charge is -2.09. The molecule has 1 amide bonds. The van der Waals surface area contributed by atoms with E-state index in [1.807, 2.05) is 25.4 Å². The molecule has 0 aliphatic rings. The number of pyridine rings is 1. The highest BCUT2D eigenvalue weighted by Crippen LogP contribution is 2.25. The molecular weight excluding hydrogens is 338 g/mol. The lowest BCUT2D eigenvalue weighted by molar-refractivity contribution is 0.102. The van der Waals surface area contributed by atoms with E-state index >= 15 is 0 Å². The van der Waals surface area contributed by atoms with Crippen molar-refractivity contribution in [3.05, 3.63) is 53.2 Å². The number of hydrogen-bond acceptors (Lipinski definition) is 7. The summed E-state index contributed by atoms with van der Waals surface area (Å²) in [5.41, 5.74) is 4.40. The summed E-state index contributed by atoms with van der Waals surface area (Å²) in [6.07, 6.45) is 6.58. The van der Waals surface area contributed by atoms with Gasteiger partial charge in [-0.25, -0.2) is 14.5 Å². The highest BCUT2D eigenvalue weighted by atomic mass is 32.1. The number of anilines is 1. The molecule has 4 rings (SSSR count). The van der Waals surface area contributed by atoms with Gasteiger partial charge < -0.3 is 0 Å². The summed E-state index contributed by atoms with van der Waals surface area (Å²) < 4.78 is 1.58. The highest BCUT2D eigenvalue weighted by Gasteiger charge is 2.17. The third kappa shape index (κ3) is 2.85. The second-order valence-corrected chi connectivity index (χ2v) is 6.36. The molecule has 9 heteroatoms. The predicted octanol–water partition coefficient (Wildman–Crippen LogP) is 2.51. The van der Waals surface area contributed by atoms with Crippen LogP contribution in [0.1, 0.15) is 21.6 Å². The number of nitrogens with zero attached hydrogens (tertiary/aromatic N) is 6. The number of hydrogen-bond donors (Lipinski definition) is 1. The summed E-state index contributed by atoms with van der Waals surface area (Å²) in [4.78, 5) is 21.2. The molecule has 0 spiro atoms. The fourth-order valence-electron chi connectivity index (χ4n) is 2.50. The second kappa shape index (κ2) is 6.02. The van der Waals surface area contributed by atoms with Crippen LogP contribution in [0.25, 0.3) is 16.8 Å². The van der Waals surface area contributed by atoms with Crippen LogP contribution in [-0.2, 0) is 0 Å². The molecule has 0 aliphatic carbocycles. The van der Waals surface area contributed by atoms with E-state index in [1.165, 1.54) is 17.7 Å². The van der Waals surface area contributed by atoms with Gasteiger partial charge in [0.25, 0.3) is 5.91 Å². The quantitative estimate of drug-likeness (QED) is 0.609. The molecule has 8 nitrogen and oxygen atoms in total. The van der Waals surface area contributed by atoms with E-state index in [0.717, 1.165) is 22.4 Å². The lowest BCUT2D eigenvalue weighted by atomic mass is 10.0. The summed E-state index contributed by atoms with van der Waals surface area (Å²) in [6, 6.07) is 1.78. The summed E-state index contributed by atoms with van der Waals surface area (Å²) >= 11 is 1.38. The number of amides is 1. The highest BCUT2D eigenvalue weighted by molar-refractivity contribution is 7.13. The van der Waals surface area contributed by atoms with Gasteiger partial charge in [0.05, 0.1) is 23.7 Å². The van der Waals surface area contributed by atoms with Gasteiger partial charge in [-0.05, 0) is 25.5 Å². The van der Waals surface area contributed by atoms with Crippen LogP contribution in [0.3, 0.4) is 0 Å². The fraction of sp³-hybridized carbons (Fsp3) is 0.125. The minimum atomic E-state index is -0.283. The Morgan fingerprint density at radius 1 is 1.24 bits per heavy atom. The molecule has 0 saturated carbocycles. The SMILES string of the molecule is Cc1csc(NC(=O)c2cc(-c3cnncc3C)cn3ncnc23)n1. The molecule has 4 heterocycles. The van der Waals surface area contributed by atoms with Gasteiger partial charge >= 0.3 is 0 Å². The maximum Gasteiger partial charge on any atom is 0.261 e. The Labute approximate surface area is 146 Å². The van der Waals surface area contributed by atoms with Crippen LogP contribution < -0.4 is 5.32 Å². The Hall–Kier alpha value is -3.20. The standard InChI is InChI=1S/C16H13N7OS/c1-9-4-18-19-5-13(9)11-3-12(14-17-8-20-23(14)6-11)15(24)22-16-21-10(2)7-25-16/h3-8H,1-2H3,(H,21,22,24). The fourth-order valence-corrected chi connectivity index (χ4v) is 3.18. The van der Waals surface area contributed by atoms with E-state index < -0.39 is 0 Å². The van der Waals surface area contributed by atoms with Crippen LogP contribution in [0.4, 0.5) is 5.13 Å². The first-order valence-electron chi connectivity index (χ1n) is 7.46. The van der Waals surface area contributed by atoms with Crippen molar-refractivity contribution >= 4 is 28.0 Å². The first-order valence-corrected chi connectivity index (χ1v) is 8.34. The van der Waals surface area contributed by atoms with E-state index in [-0.39, 0.29) is 5.91 Å². The molecule has 1 N–H and O–H groups in total. The summed E-state index contributed by atoms with van der Waals surface area (Å²) in [6.45, 7) is 3.82. The molecule has 0 aromatic carbocycles. The Balaban J connectivity index is 1.81. The molecule has 0 saturated heterocycles. The molecular formula is C16H13N7OS. The Kier molecular flexibility index (Phi) is 3.69. The monoisotopic (exact) mass is 351 g/mol. The van der Waals surface area contributed by atoms with E-state index in [1.54, 1.807) is 23.0 Å². The van der Waals surface area contributed by atoms with Crippen molar-refractivity contribution in [2.45, 2.75) is 13.8 Å². The molecule has 124 valence electrons. The van der Waals surface area contributed by atoms with Crippen LogP contribution in [-0.4, -0.2) is 35.7 Å². The first-order chi connectivity index (χ1) is 12.1. The largest absolute Gasteiger partial charge is 0.298 e. The number of carbonyl (C=O) groups is 1. The topological polar surface area (TPSA) is 98.0 Å². The van der Waals surface area contributed by atoms with Crippen molar-refractivity contribution in [3.63, 3.8) is 0 Å². The van der Waals surface area contributed by atoms with Crippen LogP contribution >= 0.6 is 11.3 Å². The first kappa shape index (κ1) is 15.3. The van der Waals surface area contributed by atoms with Crippen molar-refractivity contribution in [2.75, 3.05) is 5.32 Å². The maximum atomic E-state index is 12.8. The number of aromatic nitrogens is 6. The van der Waals surface area contributed by atoms with Crippen LogP contribution in [0.15, 0.2) is 36.4 Å². The number of thiazole rings is 1. The molecule has 0 radical (unpaired) electrons. The van der Waals surface area contributed by atoms with Crippen LogP contribution in [0, 0.1) is 13.8 Å². The maximum absolute atomic E-state index is 12.8. The van der Waals surface area contributed by atoms with E-state index in [2.05, 4.69) is 30.6 Å². The third-order valence-corrected chi connectivity index (χ3v) is 4.58.